The topological polar surface area (TPSA) is 35.0 Å². The summed E-state index contributed by atoms with van der Waals surface area (Å²) in [6, 6.07) is 0. The number of halogens is 3. The van der Waals surface area contributed by atoms with Gasteiger partial charge < -0.3 is 4.74 Å². The van der Waals surface area contributed by atoms with Gasteiger partial charge in [0.05, 0.1) is 7.11 Å². The Bertz CT molecular complexity index is 326. The summed E-state index contributed by atoms with van der Waals surface area (Å²) < 4.78 is 41.2. The minimum absolute atomic E-state index is 0.0187. The fourth-order valence-electron chi connectivity index (χ4n) is 0.947. The van der Waals surface area contributed by atoms with Crippen molar-refractivity contribution in [3.8, 4) is 5.88 Å². The molecule has 0 saturated heterocycles. The minimum atomic E-state index is -4.53. The van der Waals surface area contributed by atoms with Gasteiger partial charge in [-0.05, 0) is 6.42 Å². The van der Waals surface area contributed by atoms with Crippen LogP contribution in [0.4, 0.5) is 13.2 Å². The normalized spacial score (nSPS) is 10.4. The zero-order chi connectivity index (χ0) is 12.8. The van der Waals surface area contributed by atoms with Crippen molar-refractivity contribution in [3.05, 3.63) is 17.6 Å². The van der Waals surface area contributed by atoms with Gasteiger partial charge in [-0.2, -0.15) is 18.2 Å². The Morgan fingerprint density at radius 1 is 1.31 bits per heavy atom. The fourth-order valence-corrected chi connectivity index (χ4v) is 0.947. The molecule has 0 amide bonds. The molecule has 0 unspecified atom stereocenters. The lowest BCUT2D eigenvalue weighted by Gasteiger charge is -2.08. The maximum absolute atomic E-state index is 12.2. The van der Waals surface area contributed by atoms with Crippen LogP contribution >= 0.6 is 0 Å². The summed E-state index contributed by atoms with van der Waals surface area (Å²) in [6.45, 7) is 5.79. The van der Waals surface area contributed by atoms with E-state index in [9.17, 15) is 13.2 Å². The van der Waals surface area contributed by atoms with Crippen LogP contribution in [-0.2, 0) is 12.6 Å². The van der Waals surface area contributed by atoms with E-state index < -0.39 is 12.0 Å². The fraction of sp³-hybridized carbons (Fsp3) is 0.600. The number of hydrogen-bond acceptors (Lipinski definition) is 3. The largest absolute Gasteiger partial charge is 0.481 e. The first kappa shape index (κ1) is 14.7. The lowest BCUT2D eigenvalue weighted by molar-refractivity contribution is -0.145. The van der Waals surface area contributed by atoms with Crippen molar-refractivity contribution in [1.82, 2.24) is 9.97 Å². The maximum atomic E-state index is 12.2. The van der Waals surface area contributed by atoms with Crippen molar-refractivity contribution in [2.45, 2.75) is 33.4 Å². The molecule has 16 heavy (non-hydrogen) atoms. The van der Waals surface area contributed by atoms with Crippen molar-refractivity contribution >= 4 is 0 Å². The van der Waals surface area contributed by atoms with Crippen LogP contribution in [-0.4, -0.2) is 17.1 Å². The summed E-state index contributed by atoms with van der Waals surface area (Å²) in [7, 11) is 1.28. The van der Waals surface area contributed by atoms with Gasteiger partial charge in [0.15, 0.2) is 0 Å². The molecule has 0 aliphatic carbocycles. The standard InChI is InChI=1S/C8H9F3N2O.C2H6/c1-3-5-4-12-7(8(9,10)11)13-6(5)14-2;1-2/h4H,3H2,1-2H3;1-2H3. The van der Waals surface area contributed by atoms with Crippen molar-refractivity contribution in [2.24, 2.45) is 0 Å². The van der Waals surface area contributed by atoms with Gasteiger partial charge in [-0.1, -0.05) is 20.8 Å². The Balaban J connectivity index is 0.00000106. The average molecular weight is 236 g/mol. The Morgan fingerprint density at radius 3 is 2.25 bits per heavy atom. The van der Waals surface area contributed by atoms with Gasteiger partial charge in [0, 0.05) is 11.8 Å². The first-order valence-electron chi connectivity index (χ1n) is 4.96. The molecular formula is C10H15F3N2O. The third-order valence-electron chi connectivity index (χ3n) is 1.65. The van der Waals surface area contributed by atoms with Gasteiger partial charge in [0.1, 0.15) is 0 Å². The van der Waals surface area contributed by atoms with E-state index in [-0.39, 0.29) is 5.88 Å². The smallest absolute Gasteiger partial charge is 0.451 e. The predicted octanol–water partition coefficient (Wildman–Crippen LogP) is 3.09. The van der Waals surface area contributed by atoms with E-state index in [2.05, 4.69) is 9.97 Å². The van der Waals surface area contributed by atoms with Crippen LogP contribution in [0.15, 0.2) is 6.20 Å². The van der Waals surface area contributed by atoms with E-state index in [1.165, 1.54) is 7.11 Å². The highest BCUT2D eigenvalue weighted by Crippen LogP contribution is 2.28. The quantitative estimate of drug-likeness (QED) is 0.791. The highest BCUT2D eigenvalue weighted by atomic mass is 19.4. The minimum Gasteiger partial charge on any atom is -0.481 e. The van der Waals surface area contributed by atoms with E-state index in [1.54, 1.807) is 6.92 Å². The molecule has 0 bridgehead atoms. The van der Waals surface area contributed by atoms with Gasteiger partial charge in [0.2, 0.25) is 11.7 Å². The van der Waals surface area contributed by atoms with Crippen molar-refractivity contribution in [3.63, 3.8) is 0 Å². The van der Waals surface area contributed by atoms with Crippen LogP contribution < -0.4 is 4.74 Å². The molecular weight excluding hydrogens is 221 g/mol. The van der Waals surface area contributed by atoms with Crippen molar-refractivity contribution in [2.75, 3.05) is 7.11 Å². The zero-order valence-electron chi connectivity index (χ0n) is 9.72. The van der Waals surface area contributed by atoms with Crippen molar-refractivity contribution < 1.29 is 17.9 Å². The molecule has 0 aromatic carbocycles. The number of aromatic nitrogens is 2. The van der Waals surface area contributed by atoms with Crippen LogP contribution in [0.25, 0.3) is 0 Å². The lowest BCUT2D eigenvalue weighted by atomic mass is 10.2. The number of aryl methyl sites for hydroxylation is 1. The summed E-state index contributed by atoms with van der Waals surface area (Å²) >= 11 is 0. The SMILES string of the molecule is CC.CCc1cnc(C(F)(F)F)nc1OC. The van der Waals surface area contributed by atoms with Gasteiger partial charge >= 0.3 is 6.18 Å². The highest BCUT2D eigenvalue weighted by molar-refractivity contribution is 5.24. The molecule has 0 saturated carbocycles. The number of ether oxygens (including phenoxy) is 1. The van der Waals surface area contributed by atoms with Crippen LogP contribution in [0.5, 0.6) is 5.88 Å². The Hall–Kier alpha value is -1.33. The molecule has 1 aromatic rings. The monoisotopic (exact) mass is 236 g/mol. The average Bonchev–Trinajstić information content (AvgIpc) is 2.29. The molecule has 0 spiro atoms. The molecule has 0 N–H and O–H groups in total. The van der Waals surface area contributed by atoms with Gasteiger partial charge in [-0.25, -0.2) is 4.98 Å². The summed E-state index contributed by atoms with van der Waals surface area (Å²) in [6.07, 6.45) is -2.87. The Morgan fingerprint density at radius 2 is 1.88 bits per heavy atom. The second-order valence-corrected chi connectivity index (χ2v) is 2.58. The third-order valence-corrected chi connectivity index (χ3v) is 1.65. The number of nitrogens with zero attached hydrogens (tertiary/aromatic N) is 2. The predicted molar refractivity (Wildman–Crippen MR) is 54.3 cm³/mol. The van der Waals surface area contributed by atoms with Crippen LogP contribution in [0.1, 0.15) is 32.2 Å². The van der Waals surface area contributed by atoms with Crippen LogP contribution in [0.2, 0.25) is 0 Å². The van der Waals surface area contributed by atoms with E-state index in [1.807, 2.05) is 13.8 Å². The molecule has 3 nitrogen and oxygen atoms in total. The number of rotatable bonds is 2. The summed E-state index contributed by atoms with van der Waals surface area (Å²) in [4.78, 5) is 6.49. The van der Waals surface area contributed by atoms with E-state index in [4.69, 9.17) is 4.74 Å². The first-order chi connectivity index (χ1) is 7.49. The second kappa shape index (κ2) is 6.30. The summed E-state index contributed by atoms with van der Waals surface area (Å²) in [5, 5.41) is 0. The van der Waals surface area contributed by atoms with Gasteiger partial charge in [-0.3, -0.25) is 0 Å². The molecule has 0 radical (unpaired) electrons. The van der Waals surface area contributed by atoms with Crippen LogP contribution in [0.3, 0.4) is 0 Å². The first-order valence-corrected chi connectivity index (χ1v) is 4.96. The molecule has 0 aliphatic rings. The molecule has 0 atom stereocenters. The molecule has 1 aromatic heterocycles. The van der Waals surface area contributed by atoms with Gasteiger partial charge in [-0.15, -0.1) is 0 Å². The molecule has 1 heterocycles. The summed E-state index contributed by atoms with van der Waals surface area (Å²) in [5.74, 6) is -1.19. The Labute approximate surface area is 92.7 Å². The van der Waals surface area contributed by atoms with E-state index >= 15 is 0 Å². The number of hydrogen-bond donors (Lipinski definition) is 0. The number of methoxy groups -OCH3 is 1. The number of alkyl halides is 3. The highest BCUT2D eigenvalue weighted by Gasteiger charge is 2.35. The maximum Gasteiger partial charge on any atom is 0.451 e. The molecule has 1 rings (SSSR count). The molecule has 0 fully saturated rings. The van der Waals surface area contributed by atoms with Gasteiger partial charge in [0.25, 0.3) is 0 Å². The van der Waals surface area contributed by atoms with E-state index in [0.29, 0.717) is 12.0 Å². The Kier molecular flexibility index (Phi) is 5.77. The summed E-state index contributed by atoms with van der Waals surface area (Å²) in [5.41, 5.74) is 0.556. The molecule has 0 aliphatic heterocycles. The molecule has 6 heteroatoms. The van der Waals surface area contributed by atoms with Crippen molar-refractivity contribution in [1.29, 1.82) is 0 Å². The molecule has 92 valence electrons. The third kappa shape index (κ3) is 3.67. The van der Waals surface area contributed by atoms with Crippen LogP contribution in [0, 0.1) is 0 Å². The lowest BCUT2D eigenvalue weighted by Crippen LogP contribution is -2.12. The zero-order valence-corrected chi connectivity index (χ0v) is 9.72. The second-order valence-electron chi connectivity index (χ2n) is 2.58. The van der Waals surface area contributed by atoms with E-state index in [0.717, 1.165) is 6.20 Å².